The van der Waals surface area contributed by atoms with Crippen LogP contribution in [-0.4, -0.2) is 20.4 Å². The van der Waals surface area contributed by atoms with E-state index in [1.54, 1.807) is 13.8 Å². The normalized spacial score (nSPS) is 13.4. The zero-order valence-electron chi connectivity index (χ0n) is 11.3. The molecule has 0 aliphatic carbocycles. The van der Waals surface area contributed by atoms with Gasteiger partial charge in [0, 0.05) is 11.6 Å². The molecule has 1 unspecified atom stereocenters. The summed E-state index contributed by atoms with van der Waals surface area (Å²) in [5.74, 6) is -0.991. The average Bonchev–Trinajstić information content (AvgIpc) is 2.35. The minimum absolute atomic E-state index is 0.0356. The van der Waals surface area contributed by atoms with Gasteiger partial charge >= 0.3 is 0 Å². The fourth-order valence-corrected chi connectivity index (χ4v) is 3.32. The van der Waals surface area contributed by atoms with Gasteiger partial charge in [0.1, 0.15) is 6.04 Å². The molecule has 0 saturated carbocycles. The molecule has 0 heterocycles. The molecule has 0 fully saturated rings. The fourth-order valence-electron chi connectivity index (χ4n) is 1.62. The second-order valence-corrected chi connectivity index (χ2v) is 6.82. The van der Waals surface area contributed by atoms with Crippen LogP contribution in [-0.2, 0) is 21.4 Å². The van der Waals surface area contributed by atoms with E-state index in [0.29, 0.717) is 5.56 Å². The van der Waals surface area contributed by atoms with Crippen LogP contribution in [0.4, 0.5) is 0 Å². The van der Waals surface area contributed by atoms with E-state index in [4.69, 9.17) is 23.1 Å². The number of nitrogens with one attached hydrogen (secondary N) is 1. The van der Waals surface area contributed by atoms with Crippen molar-refractivity contribution < 1.29 is 13.2 Å². The number of hydrogen-bond acceptors (Lipinski definition) is 4. The van der Waals surface area contributed by atoms with Crippen LogP contribution in [0, 0.1) is 5.92 Å². The lowest BCUT2D eigenvalue weighted by Crippen LogP contribution is -2.47. The standard InChI is InChI=1S/C12H18ClN3O3S/c1-7(2)11(12(15)17)16-20(18,19)9-4-3-8(6-14)10(13)5-9/h3-5,7,11,16H,6,14H2,1-2H3,(H2,15,17). The Balaban J connectivity index is 3.11. The third-order valence-electron chi connectivity index (χ3n) is 2.81. The quantitative estimate of drug-likeness (QED) is 0.711. The van der Waals surface area contributed by atoms with Crippen molar-refractivity contribution >= 4 is 27.5 Å². The molecule has 1 atom stereocenters. The number of benzene rings is 1. The Bertz CT molecular complexity index is 602. The Morgan fingerprint density at radius 2 is 2.00 bits per heavy atom. The molecule has 1 aromatic rings. The fraction of sp³-hybridized carbons (Fsp3) is 0.417. The van der Waals surface area contributed by atoms with E-state index in [9.17, 15) is 13.2 Å². The van der Waals surface area contributed by atoms with E-state index >= 15 is 0 Å². The van der Waals surface area contributed by atoms with Gasteiger partial charge in [0.25, 0.3) is 0 Å². The molecule has 20 heavy (non-hydrogen) atoms. The molecule has 0 aliphatic heterocycles. The second-order valence-electron chi connectivity index (χ2n) is 4.70. The SMILES string of the molecule is CC(C)C(NS(=O)(=O)c1ccc(CN)c(Cl)c1)C(N)=O. The Labute approximate surface area is 123 Å². The highest BCUT2D eigenvalue weighted by atomic mass is 35.5. The van der Waals surface area contributed by atoms with Crippen molar-refractivity contribution in [3.05, 3.63) is 28.8 Å². The maximum atomic E-state index is 12.2. The molecule has 0 spiro atoms. The van der Waals surface area contributed by atoms with Gasteiger partial charge in [0.15, 0.2) is 0 Å². The van der Waals surface area contributed by atoms with Crippen molar-refractivity contribution in [1.29, 1.82) is 0 Å². The molecule has 1 aromatic carbocycles. The Morgan fingerprint density at radius 3 is 2.40 bits per heavy atom. The summed E-state index contributed by atoms with van der Waals surface area (Å²) in [6.45, 7) is 3.60. The highest BCUT2D eigenvalue weighted by Crippen LogP contribution is 2.21. The highest BCUT2D eigenvalue weighted by molar-refractivity contribution is 7.89. The predicted octanol–water partition coefficient (Wildman–Crippen LogP) is 0.587. The van der Waals surface area contributed by atoms with Crippen molar-refractivity contribution in [2.45, 2.75) is 31.3 Å². The second kappa shape index (κ2) is 6.53. The van der Waals surface area contributed by atoms with Gasteiger partial charge in [0.05, 0.1) is 4.90 Å². The lowest BCUT2D eigenvalue weighted by molar-refractivity contribution is -0.120. The van der Waals surface area contributed by atoms with Crippen LogP contribution in [0.3, 0.4) is 0 Å². The van der Waals surface area contributed by atoms with Crippen molar-refractivity contribution in [3.63, 3.8) is 0 Å². The number of amides is 1. The lowest BCUT2D eigenvalue weighted by Gasteiger charge is -2.19. The van der Waals surface area contributed by atoms with Gasteiger partial charge in [-0.25, -0.2) is 8.42 Å². The molecular weight excluding hydrogens is 302 g/mol. The molecule has 1 rings (SSSR count). The minimum atomic E-state index is -3.87. The zero-order chi connectivity index (χ0) is 15.5. The van der Waals surface area contributed by atoms with Gasteiger partial charge < -0.3 is 11.5 Å². The Morgan fingerprint density at radius 1 is 1.40 bits per heavy atom. The third-order valence-corrected chi connectivity index (χ3v) is 4.60. The molecule has 6 nitrogen and oxygen atoms in total. The van der Waals surface area contributed by atoms with Gasteiger partial charge in [0.2, 0.25) is 15.9 Å². The smallest absolute Gasteiger partial charge is 0.241 e. The molecule has 112 valence electrons. The molecule has 0 saturated heterocycles. The largest absolute Gasteiger partial charge is 0.368 e. The third kappa shape index (κ3) is 3.92. The summed E-state index contributed by atoms with van der Waals surface area (Å²) < 4.78 is 26.7. The van der Waals surface area contributed by atoms with E-state index in [2.05, 4.69) is 4.72 Å². The average molecular weight is 320 g/mol. The number of carbonyl (C=O) groups excluding carboxylic acids is 1. The number of sulfonamides is 1. The first-order valence-electron chi connectivity index (χ1n) is 5.99. The molecular formula is C12H18ClN3O3S. The Hall–Kier alpha value is -1.15. The van der Waals surface area contributed by atoms with E-state index in [1.807, 2.05) is 0 Å². The topological polar surface area (TPSA) is 115 Å². The van der Waals surface area contributed by atoms with Crippen LogP contribution in [0.2, 0.25) is 5.02 Å². The first-order chi connectivity index (χ1) is 9.19. The van der Waals surface area contributed by atoms with Crippen LogP contribution < -0.4 is 16.2 Å². The summed E-state index contributed by atoms with van der Waals surface area (Å²) in [6.07, 6.45) is 0. The summed E-state index contributed by atoms with van der Waals surface area (Å²) >= 11 is 5.93. The van der Waals surface area contributed by atoms with Crippen LogP contribution in [0.5, 0.6) is 0 Å². The Kier molecular flexibility index (Phi) is 5.52. The molecule has 8 heteroatoms. The summed E-state index contributed by atoms with van der Waals surface area (Å²) in [7, 11) is -3.87. The van der Waals surface area contributed by atoms with Crippen LogP contribution in [0.1, 0.15) is 19.4 Å². The first kappa shape index (κ1) is 16.9. The van der Waals surface area contributed by atoms with E-state index < -0.39 is 22.0 Å². The van der Waals surface area contributed by atoms with Crippen molar-refractivity contribution in [1.82, 2.24) is 4.72 Å². The van der Waals surface area contributed by atoms with E-state index in [-0.39, 0.29) is 22.4 Å². The number of carbonyl (C=O) groups is 1. The number of hydrogen-bond donors (Lipinski definition) is 3. The monoisotopic (exact) mass is 319 g/mol. The molecule has 0 radical (unpaired) electrons. The lowest BCUT2D eigenvalue weighted by atomic mass is 10.1. The van der Waals surface area contributed by atoms with Gasteiger partial charge in [-0.15, -0.1) is 0 Å². The first-order valence-corrected chi connectivity index (χ1v) is 7.85. The predicted molar refractivity (Wildman–Crippen MR) is 77.5 cm³/mol. The highest BCUT2D eigenvalue weighted by Gasteiger charge is 2.26. The summed E-state index contributed by atoms with van der Waals surface area (Å²) in [4.78, 5) is 11.2. The van der Waals surface area contributed by atoms with Gasteiger partial charge in [-0.3, -0.25) is 4.79 Å². The van der Waals surface area contributed by atoms with Crippen molar-refractivity contribution in [3.8, 4) is 0 Å². The van der Waals surface area contributed by atoms with Gasteiger partial charge in [-0.2, -0.15) is 4.72 Å². The maximum Gasteiger partial charge on any atom is 0.241 e. The minimum Gasteiger partial charge on any atom is -0.368 e. The van der Waals surface area contributed by atoms with Crippen molar-refractivity contribution in [2.75, 3.05) is 0 Å². The number of rotatable bonds is 6. The molecule has 0 bridgehead atoms. The summed E-state index contributed by atoms with van der Waals surface area (Å²) in [6, 6.07) is 3.23. The van der Waals surface area contributed by atoms with E-state index in [0.717, 1.165) is 0 Å². The number of nitrogens with two attached hydrogens (primary N) is 2. The molecule has 0 aromatic heterocycles. The molecule has 1 amide bonds. The maximum absolute atomic E-state index is 12.2. The summed E-state index contributed by atoms with van der Waals surface area (Å²) in [5, 5.41) is 0.260. The molecule has 0 aliphatic rings. The van der Waals surface area contributed by atoms with Gasteiger partial charge in [-0.05, 0) is 23.6 Å². The number of primary amides is 1. The van der Waals surface area contributed by atoms with Crippen LogP contribution in [0.25, 0.3) is 0 Å². The van der Waals surface area contributed by atoms with Gasteiger partial charge in [-0.1, -0.05) is 31.5 Å². The van der Waals surface area contributed by atoms with Crippen LogP contribution in [0.15, 0.2) is 23.1 Å². The van der Waals surface area contributed by atoms with Crippen molar-refractivity contribution in [2.24, 2.45) is 17.4 Å². The zero-order valence-corrected chi connectivity index (χ0v) is 12.8. The van der Waals surface area contributed by atoms with Crippen LogP contribution >= 0.6 is 11.6 Å². The van der Waals surface area contributed by atoms with E-state index in [1.165, 1.54) is 18.2 Å². The molecule has 5 N–H and O–H groups in total. The summed E-state index contributed by atoms with van der Waals surface area (Å²) in [5.41, 5.74) is 11.3. The number of halogens is 1.